The van der Waals surface area contributed by atoms with Gasteiger partial charge in [0, 0.05) is 32.3 Å². The van der Waals surface area contributed by atoms with Crippen molar-refractivity contribution in [3.05, 3.63) is 34.9 Å². The van der Waals surface area contributed by atoms with Gasteiger partial charge in [-0.2, -0.15) is 0 Å². The normalized spacial score (nSPS) is 23.1. The zero-order chi connectivity index (χ0) is 13.8. The molecule has 2 unspecified atom stereocenters. The SMILES string of the molecule is Cc1ccc(C(N)CN2CCCOC(C)C2)cc1C. The molecule has 1 aliphatic heterocycles. The van der Waals surface area contributed by atoms with Crippen LogP contribution in [0.1, 0.15) is 36.1 Å². The minimum absolute atomic E-state index is 0.0876. The third kappa shape index (κ3) is 4.03. The minimum Gasteiger partial charge on any atom is -0.377 e. The Labute approximate surface area is 116 Å². The van der Waals surface area contributed by atoms with Crippen molar-refractivity contribution in [1.29, 1.82) is 0 Å². The van der Waals surface area contributed by atoms with Gasteiger partial charge in [0.2, 0.25) is 0 Å². The summed E-state index contributed by atoms with van der Waals surface area (Å²) in [5, 5.41) is 0. The van der Waals surface area contributed by atoms with Crippen LogP contribution in [0.3, 0.4) is 0 Å². The fraction of sp³-hybridized carbons (Fsp3) is 0.625. The predicted molar refractivity (Wildman–Crippen MR) is 79.3 cm³/mol. The quantitative estimate of drug-likeness (QED) is 0.909. The molecule has 1 aliphatic rings. The van der Waals surface area contributed by atoms with E-state index < -0.39 is 0 Å². The van der Waals surface area contributed by atoms with Gasteiger partial charge in [-0.15, -0.1) is 0 Å². The average molecular weight is 262 g/mol. The first-order chi connectivity index (χ1) is 9.06. The number of rotatable bonds is 3. The zero-order valence-corrected chi connectivity index (χ0v) is 12.4. The van der Waals surface area contributed by atoms with Crippen molar-refractivity contribution >= 4 is 0 Å². The standard InChI is InChI=1S/C16H26N2O/c1-12-5-6-15(9-13(12)2)16(17)11-18-7-4-8-19-14(3)10-18/h5-6,9,14,16H,4,7-8,10-11,17H2,1-3H3. The zero-order valence-electron chi connectivity index (χ0n) is 12.4. The first kappa shape index (κ1) is 14.5. The molecule has 0 saturated carbocycles. The summed E-state index contributed by atoms with van der Waals surface area (Å²) < 4.78 is 5.67. The van der Waals surface area contributed by atoms with Crippen molar-refractivity contribution < 1.29 is 4.74 Å². The molecule has 2 N–H and O–H groups in total. The van der Waals surface area contributed by atoms with E-state index in [-0.39, 0.29) is 6.04 Å². The molecule has 3 heteroatoms. The maximum atomic E-state index is 6.36. The van der Waals surface area contributed by atoms with E-state index in [4.69, 9.17) is 10.5 Å². The molecule has 0 aromatic heterocycles. The van der Waals surface area contributed by atoms with Gasteiger partial charge in [0.15, 0.2) is 0 Å². The van der Waals surface area contributed by atoms with Gasteiger partial charge < -0.3 is 10.5 Å². The van der Waals surface area contributed by atoms with Gasteiger partial charge in [0.25, 0.3) is 0 Å². The summed E-state index contributed by atoms with van der Waals surface area (Å²) in [6, 6.07) is 6.63. The molecule has 1 heterocycles. The van der Waals surface area contributed by atoms with Crippen LogP contribution < -0.4 is 5.73 Å². The Balaban J connectivity index is 1.99. The lowest BCUT2D eigenvalue weighted by atomic mass is 10.0. The van der Waals surface area contributed by atoms with Crippen LogP contribution in [0.15, 0.2) is 18.2 Å². The number of ether oxygens (including phenoxy) is 1. The van der Waals surface area contributed by atoms with Crippen molar-refractivity contribution in [3.63, 3.8) is 0 Å². The fourth-order valence-electron chi connectivity index (χ4n) is 2.62. The predicted octanol–water partition coefficient (Wildman–Crippen LogP) is 2.41. The van der Waals surface area contributed by atoms with Gasteiger partial charge in [-0.3, -0.25) is 4.90 Å². The summed E-state index contributed by atoms with van der Waals surface area (Å²) in [4.78, 5) is 2.43. The summed E-state index contributed by atoms with van der Waals surface area (Å²) >= 11 is 0. The van der Waals surface area contributed by atoms with E-state index in [2.05, 4.69) is 43.9 Å². The highest BCUT2D eigenvalue weighted by atomic mass is 16.5. The topological polar surface area (TPSA) is 38.5 Å². The average Bonchev–Trinajstić information content (AvgIpc) is 2.57. The van der Waals surface area contributed by atoms with E-state index in [1.807, 2.05) is 0 Å². The lowest BCUT2D eigenvalue weighted by Gasteiger charge is -2.25. The second kappa shape index (κ2) is 6.51. The van der Waals surface area contributed by atoms with E-state index in [1.165, 1.54) is 16.7 Å². The van der Waals surface area contributed by atoms with E-state index in [0.717, 1.165) is 32.7 Å². The van der Waals surface area contributed by atoms with Crippen LogP contribution in [0, 0.1) is 13.8 Å². The molecule has 3 nitrogen and oxygen atoms in total. The third-order valence-corrected chi connectivity index (χ3v) is 3.95. The van der Waals surface area contributed by atoms with Crippen LogP contribution >= 0.6 is 0 Å². The lowest BCUT2D eigenvalue weighted by Crippen LogP contribution is -2.36. The molecule has 2 rings (SSSR count). The molecule has 106 valence electrons. The maximum absolute atomic E-state index is 6.36. The Morgan fingerprint density at radius 2 is 2.16 bits per heavy atom. The van der Waals surface area contributed by atoms with Gasteiger partial charge >= 0.3 is 0 Å². The van der Waals surface area contributed by atoms with Gasteiger partial charge in [-0.1, -0.05) is 18.2 Å². The summed E-state index contributed by atoms with van der Waals surface area (Å²) in [6.07, 6.45) is 1.42. The molecule has 1 fully saturated rings. The summed E-state index contributed by atoms with van der Waals surface area (Å²) in [5.74, 6) is 0. The molecule has 0 radical (unpaired) electrons. The monoisotopic (exact) mass is 262 g/mol. The number of hydrogen-bond acceptors (Lipinski definition) is 3. The number of benzene rings is 1. The van der Waals surface area contributed by atoms with Crippen LogP contribution in [-0.4, -0.2) is 37.2 Å². The molecular weight excluding hydrogens is 236 g/mol. The van der Waals surface area contributed by atoms with Crippen LogP contribution in [0.4, 0.5) is 0 Å². The number of aryl methyl sites for hydroxylation is 2. The Kier molecular flexibility index (Phi) is 4.97. The van der Waals surface area contributed by atoms with E-state index in [9.17, 15) is 0 Å². The first-order valence-corrected chi connectivity index (χ1v) is 7.23. The molecule has 0 bridgehead atoms. The fourth-order valence-corrected chi connectivity index (χ4v) is 2.62. The second-order valence-corrected chi connectivity index (χ2v) is 5.74. The van der Waals surface area contributed by atoms with E-state index in [0.29, 0.717) is 6.10 Å². The van der Waals surface area contributed by atoms with Crippen LogP contribution in [0.25, 0.3) is 0 Å². The molecule has 0 aliphatic carbocycles. The lowest BCUT2D eigenvalue weighted by molar-refractivity contribution is 0.0670. The van der Waals surface area contributed by atoms with Gasteiger partial charge in [0.1, 0.15) is 0 Å². The smallest absolute Gasteiger partial charge is 0.0673 e. The van der Waals surface area contributed by atoms with Crippen molar-refractivity contribution in [2.75, 3.05) is 26.2 Å². The van der Waals surface area contributed by atoms with Crippen LogP contribution in [0.5, 0.6) is 0 Å². The van der Waals surface area contributed by atoms with Crippen molar-refractivity contribution in [2.45, 2.75) is 39.3 Å². The Bertz CT molecular complexity index is 419. The van der Waals surface area contributed by atoms with E-state index in [1.54, 1.807) is 0 Å². The third-order valence-electron chi connectivity index (χ3n) is 3.95. The van der Waals surface area contributed by atoms with Gasteiger partial charge in [-0.25, -0.2) is 0 Å². The highest BCUT2D eigenvalue weighted by molar-refractivity contribution is 5.31. The molecule has 0 spiro atoms. The molecule has 2 atom stereocenters. The first-order valence-electron chi connectivity index (χ1n) is 7.23. The summed E-state index contributed by atoms with van der Waals surface area (Å²) in [7, 11) is 0. The van der Waals surface area contributed by atoms with E-state index >= 15 is 0 Å². The van der Waals surface area contributed by atoms with Crippen LogP contribution in [0.2, 0.25) is 0 Å². The number of hydrogen-bond donors (Lipinski definition) is 1. The highest BCUT2D eigenvalue weighted by Crippen LogP contribution is 2.17. The Morgan fingerprint density at radius 1 is 1.37 bits per heavy atom. The summed E-state index contributed by atoms with van der Waals surface area (Å²) in [5.41, 5.74) is 10.2. The van der Waals surface area contributed by atoms with Crippen LogP contribution in [-0.2, 0) is 4.74 Å². The van der Waals surface area contributed by atoms with Crippen molar-refractivity contribution in [3.8, 4) is 0 Å². The van der Waals surface area contributed by atoms with Gasteiger partial charge in [0.05, 0.1) is 6.10 Å². The molecule has 1 saturated heterocycles. The molecular formula is C16H26N2O. The summed E-state index contributed by atoms with van der Waals surface area (Å²) in [6.45, 7) is 10.3. The largest absolute Gasteiger partial charge is 0.377 e. The Hall–Kier alpha value is -0.900. The minimum atomic E-state index is 0.0876. The van der Waals surface area contributed by atoms with Crippen molar-refractivity contribution in [1.82, 2.24) is 4.90 Å². The molecule has 1 aromatic rings. The number of nitrogens with zero attached hydrogens (tertiary/aromatic N) is 1. The molecule has 19 heavy (non-hydrogen) atoms. The highest BCUT2D eigenvalue weighted by Gasteiger charge is 2.18. The maximum Gasteiger partial charge on any atom is 0.0673 e. The van der Waals surface area contributed by atoms with Crippen molar-refractivity contribution in [2.24, 2.45) is 5.73 Å². The molecule has 0 amide bonds. The van der Waals surface area contributed by atoms with Gasteiger partial charge in [-0.05, 0) is 43.9 Å². The Morgan fingerprint density at radius 3 is 2.89 bits per heavy atom. The second-order valence-electron chi connectivity index (χ2n) is 5.74. The number of nitrogens with two attached hydrogens (primary N) is 1. The molecule has 1 aromatic carbocycles.